The predicted octanol–water partition coefficient (Wildman–Crippen LogP) is 4.83. The first-order valence-corrected chi connectivity index (χ1v) is 12.1. The Morgan fingerprint density at radius 1 is 0.974 bits per heavy atom. The van der Waals surface area contributed by atoms with Gasteiger partial charge in [0.1, 0.15) is 12.1 Å². The highest BCUT2D eigenvalue weighted by Crippen LogP contribution is 2.30. The topological polar surface area (TPSA) is 88.8 Å². The Labute approximate surface area is 216 Å². The van der Waals surface area contributed by atoms with Gasteiger partial charge in [-0.15, -0.1) is 23.4 Å². The van der Waals surface area contributed by atoms with Gasteiger partial charge in [-0.05, 0) is 66.3 Å². The first kappa shape index (κ1) is 25.2. The minimum Gasteiger partial charge on any atom is -0.406 e. The normalized spacial score (nSPS) is 14.4. The van der Waals surface area contributed by atoms with Gasteiger partial charge >= 0.3 is 6.36 Å². The van der Waals surface area contributed by atoms with Crippen molar-refractivity contribution in [2.45, 2.75) is 31.5 Å². The number of halogens is 3. The number of nitrogens with zero attached hydrogens (tertiary/aromatic N) is 4. The molecule has 1 fully saturated rings. The van der Waals surface area contributed by atoms with Gasteiger partial charge in [0.15, 0.2) is 5.65 Å². The Morgan fingerprint density at radius 3 is 2.37 bits per heavy atom. The molecule has 0 atom stereocenters. The molecule has 0 bridgehead atoms. The monoisotopic (exact) mass is 523 g/mol. The standard InChI is InChI=1S/C27H24F3N5O3/c28-27(29,30)38-23-8-1-18(2-9-23)15-25(36)32-22-6-3-19(4-7-22)20-11-13-34(14-12-20)26(37)21-5-10-24-33-31-17-35(24)16-21/h1-10,16-17,20H,11-15H2,(H,32,36). The van der Waals surface area contributed by atoms with Gasteiger partial charge in [0, 0.05) is 25.0 Å². The van der Waals surface area contributed by atoms with E-state index in [4.69, 9.17) is 0 Å². The van der Waals surface area contributed by atoms with E-state index < -0.39 is 6.36 Å². The number of ether oxygens (including phenoxy) is 1. The minimum absolute atomic E-state index is 0.0142. The van der Waals surface area contributed by atoms with Gasteiger partial charge in [0.25, 0.3) is 5.91 Å². The Balaban J connectivity index is 1.11. The Bertz CT molecular complexity index is 1430. The summed E-state index contributed by atoms with van der Waals surface area (Å²) in [6.45, 7) is 1.30. The van der Waals surface area contributed by atoms with E-state index in [0.717, 1.165) is 18.4 Å². The zero-order valence-corrected chi connectivity index (χ0v) is 20.2. The highest BCUT2D eigenvalue weighted by molar-refractivity contribution is 5.94. The lowest BCUT2D eigenvalue weighted by Gasteiger charge is -2.32. The van der Waals surface area contributed by atoms with Crippen LogP contribution >= 0.6 is 0 Å². The third-order valence-electron chi connectivity index (χ3n) is 6.51. The summed E-state index contributed by atoms with van der Waals surface area (Å²) in [6.07, 6.45) is 0.243. The summed E-state index contributed by atoms with van der Waals surface area (Å²) in [6, 6.07) is 16.4. The van der Waals surface area contributed by atoms with Crippen molar-refractivity contribution in [2.75, 3.05) is 18.4 Å². The molecular weight excluding hydrogens is 499 g/mol. The van der Waals surface area contributed by atoms with E-state index >= 15 is 0 Å². The highest BCUT2D eigenvalue weighted by atomic mass is 19.4. The molecule has 1 N–H and O–H groups in total. The number of carbonyl (C=O) groups is 2. The molecule has 5 rings (SSSR count). The smallest absolute Gasteiger partial charge is 0.406 e. The average molecular weight is 524 g/mol. The molecule has 0 radical (unpaired) electrons. The molecule has 2 aromatic carbocycles. The number of piperidine rings is 1. The van der Waals surface area contributed by atoms with Crippen molar-refractivity contribution in [1.29, 1.82) is 0 Å². The molecule has 2 aromatic heterocycles. The molecule has 1 aliphatic heterocycles. The average Bonchev–Trinajstić information content (AvgIpc) is 3.37. The van der Waals surface area contributed by atoms with Gasteiger partial charge in [-0.1, -0.05) is 24.3 Å². The van der Waals surface area contributed by atoms with Crippen LogP contribution in [0, 0.1) is 0 Å². The van der Waals surface area contributed by atoms with Crippen LogP contribution in [0.15, 0.2) is 73.2 Å². The summed E-state index contributed by atoms with van der Waals surface area (Å²) in [5.74, 6) is -0.319. The third-order valence-corrected chi connectivity index (χ3v) is 6.51. The fourth-order valence-electron chi connectivity index (χ4n) is 4.59. The van der Waals surface area contributed by atoms with Crippen LogP contribution in [0.4, 0.5) is 18.9 Å². The number of likely N-dealkylation sites (tertiary alicyclic amines) is 1. The number of hydrogen-bond acceptors (Lipinski definition) is 5. The number of rotatable bonds is 6. The van der Waals surface area contributed by atoms with Crippen molar-refractivity contribution in [3.63, 3.8) is 0 Å². The number of nitrogens with one attached hydrogen (secondary N) is 1. The van der Waals surface area contributed by atoms with Crippen LogP contribution in [0.25, 0.3) is 5.65 Å². The van der Waals surface area contributed by atoms with E-state index in [2.05, 4.69) is 20.3 Å². The number of carbonyl (C=O) groups excluding carboxylic acids is 2. The van der Waals surface area contributed by atoms with Crippen LogP contribution in [0.3, 0.4) is 0 Å². The second kappa shape index (κ2) is 10.5. The quantitative estimate of drug-likeness (QED) is 0.391. The molecule has 0 aliphatic carbocycles. The second-order valence-electron chi connectivity index (χ2n) is 9.12. The summed E-state index contributed by atoms with van der Waals surface area (Å²) in [7, 11) is 0. The first-order chi connectivity index (χ1) is 18.2. The molecule has 0 spiro atoms. The Kier molecular flexibility index (Phi) is 6.99. The molecule has 11 heteroatoms. The number of alkyl halides is 3. The fraction of sp³-hybridized carbons (Fsp3) is 0.259. The Morgan fingerprint density at radius 2 is 1.68 bits per heavy atom. The molecule has 196 valence electrons. The number of anilines is 1. The summed E-state index contributed by atoms with van der Waals surface area (Å²) in [5, 5.41) is 10.6. The maximum Gasteiger partial charge on any atom is 0.573 e. The van der Waals surface area contributed by atoms with Gasteiger partial charge in [-0.25, -0.2) is 0 Å². The summed E-state index contributed by atoms with van der Waals surface area (Å²) in [4.78, 5) is 27.2. The van der Waals surface area contributed by atoms with Crippen molar-refractivity contribution in [2.24, 2.45) is 0 Å². The van der Waals surface area contributed by atoms with E-state index in [1.165, 1.54) is 24.3 Å². The van der Waals surface area contributed by atoms with Crippen molar-refractivity contribution in [3.8, 4) is 5.75 Å². The molecule has 4 aromatic rings. The van der Waals surface area contributed by atoms with Crippen molar-refractivity contribution >= 4 is 23.1 Å². The van der Waals surface area contributed by atoms with Crippen molar-refractivity contribution in [3.05, 3.63) is 89.9 Å². The SMILES string of the molecule is O=C(Cc1ccc(OC(F)(F)F)cc1)Nc1ccc(C2CCN(C(=O)c3ccc4nncn4c3)CC2)cc1. The molecule has 0 unspecified atom stereocenters. The van der Waals surface area contributed by atoms with Crippen LogP contribution in [-0.2, 0) is 11.2 Å². The zero-order chi connectivity index (χ0) is 26.7. The van der Waals surface area contributed by atoms with Gasteiger partial charge in [0.2, 0.25) is 5.91 Å². The van der Waals surface area contributed by atoms with Crippen molar-refractivity contribution < 1.29 is 27.5 Å². The number of amides is 2. The largest absolute Gasteiger partial charge is 0.573 e. The molecule has 8 nitrogen and oxygen atoms in total. The summed E-state index contributed by atoms with van der Waals surface area (Å²) >= 11 is 0. The van der Waals surface area contributed by atoms with E-state index in [0.29, 0.717) is 41.5 Å². The van der Waals surface area contributed by atoms with E-state index in [1.807, 2.05) is 29.2 Å². The highest BCUT2D eigenvalue weighted by Gasteiger charge is 2.31. The van der Waals surface area contributed by atoms with Crippen LogP contribution in [0.2, 0.25) is 0 Å². The molecule has 1 aliphatic rings. The van der Waals surface area contributed by atoms with Crippen LogP contribution < -0.4 is 10.1 Å². The Hall–Kier alpha value is -4.41. The van der Waals surface area contributed by atoms with Gasteiger partial charge in [-0.3, -0.25) is 14.0 Å². The minimum atomic E-state index is -4.76. The number of aromatic nitrogens is 3. The van der Waals surface area contributed by atoms with Crippen molar-refractivity contribution in [1.82, 2.24) is 19.5 Å². The lowest BCUT2D eigenvalue weighted by molar-refractivity contribution is -0.274. The lowest BCUT2D eigenvalue weighted by Crippen LogP contribution is -2.38. The first-order valence-electron chi connectivity index (χ1n) is 12.1. The second-order valence-corrected chi connectivity index (χ2v) is 9.12. The van der Waals surface area contributed by atoms with Crippen LogP contribution in [0.1, 0.15) is 40.2 Å². The maximum absolute atomic E-state index is 12.9. The number of fused-ring (bicyclic) bond motifs is 1. The molecule has 38 heavy (non-hydrogen) atoms. The molecule has 0 saturated carbocycles. The predicted molar refractivity (Wildman–Crippen MR) is 133 cm³/mol. The fourth-order valence-corrected chi connectivity index (χ4v) is 4.59. The molecular formula is C27H24F3N5O3. The maximum atomic E-state index is 12.9. The number of pyridine rings is 1. The summed E-state index contributed by atoms with van der Waals surface area (Å²) in [5.41, 5.74) is 3.63. The van der Waals surface area contributed by atoms with Crippen LogP contribution in [-0.4, -0.2) is 50.8 Å². The van der Waals surface area contributed by atoms with Gasteiger partial charge in [-0.2, -0.15) is 0 Å². The zero-order valence-electron chi connectivity index (χ0n) is 20.2. The molecule has 3 heterocycles. The molecule has 1 saturated heterocycles. The van der Waals surface area contributed by atoms with E-state index in [1.54, 1.807) is 29.1 Å². The number of benzene rings is 2. The van der Waals surface area contributed by atoms with Gasteiger partial charge in [0.05, 0.1) is 12.0 Å². The lowest BCUT2D eigenvalue weighted by atomic mass is 9.89. The third kappa shape index (κ3) is 6.10. The summed E-state index contributed by atoms with van der Waals surface area (Å²) < 4.78 is 42.4. The van der Waals surface area contributed by atoms with Crippen LogP contribution in [0.5, 0.6) is 5.75 Å². The molecule has 2 amide bonds. The van der Waals surface area contributed by atoms with E-state index in [-0.39, 0.29) is 24.0 Å². The van der Waals surface area contributed by atoms with E-state index in [9.17, 15) is 22.8 Å². The number of hydrogen-bond donors (Lipinski definition) is 1. The van der Waals surface area contributed by atoms with Gasteiger partial charge < -0.3 is 15.0 Å².